The largest absolute Gasteiger partial charge is 0.462 e. The van der Waals surface area contributed by atoms with Crippen LogP contribution in [-0.2, 0) is 19.1 Å². The summed E-state index contributed by atoms with van der Waals surface area (Å²) in [7, 11) is 0. The smallest absolute Gasteiger partial charge is 0.306 e. The molecule has 0 aliphatic carbocycles. The van der Waals surface area contributed by atoms with Gasteiger partial charge in [0.05, 0.1) is 12.7 Å². The first kappa shape index (κ1) is 30.3. The van der Waals surface area contributed by atoms with Crippen LogP contribution in [0.3, 0.4) is 0 Å². The van der Waals surface area contributed by atoms with Gasteiger partial charge in [0.1, 0.15) is 6.61 Å². The molecule has 0 aromatic rings. The molecule has 0 spiro atoms. The molecule has 0 heterocycles. The lowest BCUT2D eigenvalue weighted by Gasteiger charge is -2.15. The van der Waals surface area contributed by atoms with Gasteiger partial charge in [-0.3, -0.25) is 9.59 Å². The summed E-state index contributed by atoms with van der Waals surface area (Å²) in [6.45, 7) is 2.73. The molecule has 0 amide bonds. The fourth-order valence-corrected chi connectivity index (χ4v) is 2.45. The molecular formula is C27H40O6. The molecular weight excluding hydrogens is 420 g/mol. The van der Waals surface area contributed by atoms with Gasteiger partial charge in [-0.05, 0) is 38.5 Å². The van der Waals surface area contributed by atoms with E-state index in [-0.39, 0.29) is 19.4 Å². The van der Waals surface area contributed by atoms with Crippen LogP contribution in [0.5, 0.6) is 0 Å². The molecule has 1 unspecified atom stereocenters. The molecule has 0 aromatic heterocycles. The zero-order valence-electron chi connectivity index (χ0n) is 20.0. The van der Waals surface area contributed by atoms with Crippen LogP contribution >= 0.6 is 0 Å². The van der Waals surface area contributed by atoms with E-state index < -0.39 is 30.8 Å². The third-order valence-electron chi connectivity index (χ3n) is 4.19. The van der Waals surface area contributed by atoms with Gasteiger partial charge in [0, 0.05) is 13.3 Å². The number of carbonyl (C=O) groups is 2. The SMILES string of the molecule is CC/C=C\C/C=C\C/C=C\C/C=C\C/C=C\C=C/C(O)CCC(=O)O[C@@H](CO)COC(C)=O. The summed E-state index contributed by atoms with van der Waals surface area (Å²) in [5, 5.41) is 19.0. The third-order valence-corrected chi connectivity index (χ3v) is 4.19. The van der Waals surface area contributed by atoms with Crippen LogP contribution in [0.4, 0.5) is 0 Å². The van der Waals surface area contributed by atoms with Crippen LogP contribution in [0, 0.1) is 0 Å². The number of aliphatic hydroxyl groups excluding tert-OH is 2. The highest BCUT2D eigenvalue weighted by Crippen LogP contribution is 2.04. The second-order valence-corrected chi connectivity index (χ2v) is 7.25. The van der Waals surface area contributed by atoms with E-state index in [1.165, 1.54) is 6.92 Å². The Morgan fingerprint density at radius 1 is 0.848 bits per heavy atom. The number of ether oxygens (including phenoxy) is 2. The molecule has 0 radical (unpaired) electrons. The Morgan fingerprint density at radius 2 is 1.39 bits per heavy atom. The topological polar surface area (TPSA) is 93.1 Å². The Hall–Kier alpha value is -2.70. The zero-order chi connectivity index (χ0) is 24.6. The lowest BCUT2D eigenvalue weighted by atomic mass is 10.2. The zero-order valence-corrected chi connectivity index (χ0v) is 20.0. The van der Waals surface area contributed by atoms with Gasteiger partial charge in [-0.1, -0.05) is 79.8 Å². The first-order valence-electron chi connectivity index (χ1n) is 11.5. The van der Waals surface area contributed by atoms with Crippen LogP contribution < -0.4 is 0 Å². The normalized spacial score (nSPS) is 14.4. The minimum absolute atomic E-state index is 0.00621. The van der Waals surface area contributed by atoms with Crippen LogP contribution in [0.25, 0.3) is 0 Å². The summed E-state index contributed by atoms with van der Waals surface area (Å²) in [6.07, 6.45) is 27.6. The monoisotopic (exact) mass is 460 g/mol. The molecule has 0 aliphatic rings. The molecule has 0 aromatic carbocycles. The lowest BCUT2D eigenvalue weighted by molar-refractivity contribution is -0.160. The van der Waals surface area contributed by atoms with Crippen molar-refractivity contribution >= 4 is 11.9 Å². The number of hydrogen-bond acceptors (Lipinski definition) is 6. The first-order chi connectivity index (χ1) is 16.0. The average molecular weight is 461 g/mol. The molecule has 0 saturated heterocycles. The van der Waals surface area contributed by atoms with Gasteiger partial charge in [-0.25, -0.2) is 0 Å². The standard InChI is InChI=1S/C27H40O6/c1-3-4-5-6-7-8-9-10-11-12-13-14-15-16-17-18-19-25(30)20-21-27(31)33-26(22-28)23-32-24(2)29/h4-5,7-8,10-11,13-14,16-19,25-26,28,30H,3,6,9,12,15,20-23H2,1-2H3/b5-4-,8-7-,11-10-,14-13-,17-16-,19-18-/t25?,26-/m0/s1. The molecule has 2 atom stereocenters. The number of aliphatic hydroxyl groups is 2. The molecule has 0 aliphatic heterocycles. The van der Waals surface area contributed by atoms with Crippen molar-refractivity contribution < 1.29 is 29.3 Å². The van der Waals surface area contributed by atoms with E-state index >= 15 is 0 Å². The molecule has 33 heavy (non-hydrogen) atoms. The number of hydrogen-bond donors (Lipinski definition) is 2. The van der Waals surface area contributed by atoms with E-state index in [0.29, 0.717) is 0 Å². The van der Waals surface area contributed by atoms with Gasteiger partial charge in [0.25, 0.3) is 0 Å². The summed E-state index contributed by atoms with van der Waals surface area (Å²) < 4.78 is 9.71. The molecule has 6 nitrogen and oxygen atoms in total. The Morgan fingerprint density at radius 3 is 1.91 bits per heavy atom. The van der Waals surface area contributed by atoms with Crippen LogP contribution in [0.1, 0.15) is 58.8 Å². The fraction of sp³-hybridized carbons (Fsp3) is 0.481. The van der Waals surface area contributed by atoms with Crippen molar-refractivity contribution in [3.63, 3.8) is 0 Å². The van der Waals surface area contributed by atoms with Gasteiger partial charge in [0.15, 0.2) is 6.10 Å². The Labute approximate surface area is 198 Å². The van der Waals surface area contributed by atoms with Gasteiger partial charge in [-0.2, -0.15) is 0 Å². The van der Waals surface area contributed by atoms with Crippen molar-refractivity contribution in [2.45, 2.75) is 71.0 Å². The summed E-state index contributed by atoms with van der Waals surface area (Å²) >= 11 is 0. The van der Waals surface area contributed by atoms with E-state index in [2.05, 4.69) is 55.5 Å². The Balaban J connectivity index is 3.90. The minimum Gasteiger partial charge on any atom is -0.462 e. The van der Waals surface area contributed by atoms with Gasteiger partial charge < -0.3 is 19.7 Å². The molecule has 0 bridgehead atoms. The molecule has 184 valence electrons. The molecule has 0 fully saturated rings. The average Bonchev–Trinajstić information content (AvgIpc) is 2.80. The summed E-state index contributed by atoms with van der Waals surface area (Å²) in [5.41, 5.74) is 0. The van der Waals surface area contributed by atoms with Crippen molar-refractivity contribution in [3.8, 4) is 0 Å². The van der Waals surface area contributed by atoms with E-state index in [1.54, 1.807) is 12.2 Å². The number of allylic oxidation sites excluding steroid dienone is 11. The minimum atomic E-state index is -0.893. The second-order valence-electron chi connectivity index (χ2n) is 7.25. The summed E-state index contributed by atoms with van der Waals surface area (Å²) in [6, 6.07) is 0. The Kier molecular flexibility index (Phi) is 20.7. The van der Waals surface area contributed by atoms with Crippen LogP contribution in [0.2, 0.25) is 0 Å². The van der Waals surface area contributed by atoms with Crippen LogP contribution in [0.15, 0.2) is 72.9 Å². The first-order valence-corrected chi connectivity index (χ1v) is 11.5. The quantitative estimate of drug-likeness (QED) is 0.172. The fourth-order valence-electron chi connectivity index (χ4n) is 2.45. The predicted molar refractivity (Wildman–Crippen MR) is 132 cm³/mol. The van der Waals surface area contributed by atoms with E-state index in [0.717, 1.165) is 32.1 Å². The number of carbonyl (C=O) groups excluding carboxylic acids is 2. The Bertz CT molecular complexity index is 685. The number of rotatable bonds is 18. The highest BCUT2D eigenvalue weighted by atomic mass is 16.6. The molecule has 2 N–H and O–H groups in total. The number of esters is 2. The summed E-state index contributed by atoms with van der Waals surface area (Å²) in [4.78, 5) is 22.5. The van der Waals surface area contributed by atoms with E-state index in [4.69, 9.17) is 14.6 Å². The molecule has 6 heteroatoms. The van der Waals surface area contributed by atoms with Crippen molar-refractivity contribution in [1.82, 2.24) is 0 Å². The van der Waals surface area contributed by atoms with Gasteiger partial charge in [0.2, 0.25) is 0 Å². The van der Waals surface area contributed by atoms with Crippen molar-refractivity contribution in [1.29, 1.82) is 0 Å². The second kappa shape index (κ2) is 22.5. The maximum Gasteiger partial charge on any atom is 0.306 e. The van der Waals surface area contributed by atoms with E-state index in [9.17, 15) is 14.7 Å². The maximum absolute atomic E-state index is 11.7. The third kappa shape index (κ3) is 22.3. The van der Waals surface area contributed by atoms with Crippen molar-refractivity contribution in [2.24, 2.45) is 0 Å². The maximum atomic E-state index is 11.7. The van der Waals surface area contributed by atoms with Gasteiger partial charge in [-0.15, -0.1) is 0 Å². The summed E-state index contributed by atoms with van der Waals surface area (Å²) in [5.74, 6) is -1.08. The van der Waals surface area contributed by atoms with Crippen LogP contribution in [-0.4, -0.2) is 47.6 Å². The van der Waals surface area contributed by atoms with Crippen molar-refractivity contribution in [3.05, 3.63) is 72.9 Å². The highest BCUT2D eigenvalue weighted by Gasteiger charge is 2.15. The lowest BCUT2D eigenvalue weighted by Crippen LogP contribution is -2.28. The van der Waals surface area contributed by atoms with E-state index in [1.807, 2.05) is 12.2 Å². The van der Waals surface area contributed by atoms with Crippen molar-refractivity contribution in [2.75, 3.05) is 13.2 Å². The van der Waals surface area contributed by atoms with Gasteiger partial charge >= 0.3 is 11.9 Å². The molecule has 0 rings (SSSR count). The molecule has 0 saturated carbocycles. The highest BCUT2D eigenvalue weighted by molar-refractivity contribution is 5.69. The predicted octanol–water partition coefficient (Wildman–Crippen LogP) is 4.90.